The lowest BCUT2D eigenvalue weighted by molar-refractivity contribution is 0.0769. The molecule has 158 valence electrons. The van der Waals surface area contributed by atoms with Crippen LogP contribution in [0.1, 0.15) is 35.5 Å². The number of sulfonamides is 1. The molecule has 1 aliphatic rings. The molecule has 0 saturated carbocycles. The first-order valence-corrected chi connectivity index (χ1v) is 12.0. The summed E-state index contributed by atoms with van der Waals surface area (Å²) in [5.74, 6) is 0.475. The molecule has 0 N–H and O–H groups in total. The number of rotatable bonds is 6. The molecule has 3 heterocycles. The lowest BCUT2D eigenvalue weighted by Gasteiger charge is -2.26. The summed E-state index contributed by atoms with van der Waals surface area (Å²) in [5, 5.41) is 5.87. The second-order valence-electron chi connectivity index (χ2n) is 7.14. The van der Waals surface area contributed by atoms with Crippen molar-refractivity contribution < 1.29 is 17.7 Å². The normalized spacial score (nSPS) is 15.2. The van der Waals surface area contributed by atoms with Gasteiger partial charge in [0.1, 0.15) is 0 Å². The molecular formula is C20H22N4O4S2. The Bertz CT molecular complexity index is 1120. The van der Waals surface area contributed by atoms with E-state index in [4.69, 9.17) is 4.52 Å². The van der Waals surface area contributed by atoms with Crippen molar-refractivity contribution in [2.75, 3.05) is 20.1 Å². The fourth-order valence-electron chi connectivity index (χ4n) is 3.36. The third-order valence-corrected chi connectivity index (χ3v) is 7.72. The predicted octanol–water partition coefficient (Wildman–Crippen LogP) is 3.24. The molecular weight excluding hydrogens is 424 g/mol. The Kier molecular flexibility index (Phi) is 5.98. The van der Waals surface area contributed by atoms with E-state index in [0.29, 0.717) is 30.4 Å². The minimum Gasteiger partial charge on any atom is -0.337 e. The number of amides is 1. The van der Waals surface area contributed by atoms with Crippen molar-refractivity contribution in [1.82, 2.24) is 19.3 Å². The van der Waals surface area contributed by atoms with E-state index in [9.17, 15) is 13.2 Å². The maximum atomic E-state index is 12.9. The van der Waals surface area contributed by atoms with Crippen LogP contribution >= 0.6 is 11.3 Å². The van der Waals surface area contributed by atoms with Crippen LogP contribution < -0.4 is 0 Å². The lowest BCUT2D eigenvalue weighted by atomic mass is 10.2. The predicted molar refractivity (Wildman–Crippen MR) is 112 cm³/mol. The van der Waals surface area contributed by atoms with Gasteiger partial charge in [0.2, 0.25) is 21.7 Å². The van der Waals surface area contributed by atoms with Crippen LogP contribution in [-0.2, 0) is 16.6 Å². The number of nitrogens with zero attached hydrogens (tertiary/aromatic N) is 4. The SMILES string of the molecule is CN(Cc1nc(-c2cccs2)no1)C(=O)c1cccc(S(=O)(=O)N2CCCCC2)c1. The zero-order valence-corrected chi connectivity index (χ0v) is 18.2. The van der Waals surface area contributed by atoms with E-state index in [2.05, 4.69) is 10.1 Å². The number of carbonyl (C=O) groups excluding carboxylic acids is 1. The number of carbonyl (C=O) groups is 1. The number of hydrogen-bond donors (Lipinski definition) is 0. The van der Waals surface area contributed by atoms with Crippen LogP contribution in [0.15, 0.2) is 51.2 Å². The van der Waals surface area contributed by atoms with Gasteiger partial charge in [-0.05, 0) is 42.5 Å². The molecule has 2 aromatic heterocycles. The van der Waals surface area contributed by atoms with E-state index in [1.54, 1.807) is 19.2 Å². The van der Waals surface area contributed by atoms with E-state index in [1.165, 1.54) is 32.7 Å². The molecule has 3 aromatic rings. The highest BCUT2D eigenvalue weighted by Crippen LogP contribution is 2.23. The van der Waals surface area contributed by atoms with Gasteiger partial charge in [-0.25, -0.2) is 8.42 Å². The molecule has 0 spiro atoms. The number of aromatic nitrogens is 2. The van der Waals surface area contributed by atoms with Crippen molar-refractivity contribution >= 4 is 27.3 Å². The van der Waals surface area contributed by atoms with E-state index in [1.807, 2.05) is 17.5 Å². The standard InChI is InChI=1S/C20H22N4O4S2/c1-23(14-18-21-19(22-28-18)17-9-6-12-29-17)20(25)15-7-5-8-16(13-15)30(26,27)24-10-3-2-4-11-24/h5-9,12-13H,2-4,10-11,14H2,1H3. The Hall–Kier alpha value is -2.56. The van der Waals surface area contributed by atoms with Gasteiger partial charge >= 0.3 is 0 Å². The highest BCUT2D eigenvalue weighted by Gasteiger charge is 2.27. The van der Waals surface area contributed by atoms with Crippen molar-refractivity contribution in [2.45, 2.75) is 30.7 Å². The molecule has 8 nitrogen and oxygen atoms in total. The summed E-state index contributed by atoms with van der Waals surface area (Å²) in [6, 6.07) is 9.97. The third kappa shape index (κ3) is 4.30. The van der Waals surface area contributed by atoms with E-state index in [0.717, 1.165) is 24.1 Å². The van der Waals surface area contributed by atoms with Crippen molar-refractivity contribution in [2.24, 2.45) is 0 Å². The number of thiophene rings is 1. The highest BCUT2D eigenvalue weighted by atomic mass is 32.2. The Morgan fingerprint density at radius 2 is 2.00 bits per heavy atom. The maximum absolute atomic E-state index is 12.9. The molecule has 0 unspecified atom stereocenters. The van der Waals surface area contributed by atoms with Crippen molar-refractivity contribution in [3.8, 4) is 10.7 Å². The van der Waals surface area contributed by atoms with Crippen LogP contribution in [0, 0.1) is 0 Å². The third-order valence-electron chi connectivity index (χ3n) is 4.96. The molecule has 30 heavy (non-hydrogen) atoms. The van der Waals surface area contributed by atoms with Gasteiger partial charge < -0.3 is 9.42 Å². The quantitative estimate of drug-likeness (QED) is 0.577. The lowest BCUT2D eigenvalue weighted by Crippen LogP contribution is -2.35. The van der Waals surface area contributed by atoms with E-state index in [-0.39, 0.29) is 17.3 Å². The second-order valence-corrected chi connectivity index (χ2v) is 10.0. The Labute approximate surface area is 179 Å². The van der Waals surface area contributed by atoms with E-state index < -0.39 is 10.0 Å². The second kappa shape index (κ2) is 8.66. The first kappa shape index (κ1) is 20.7. The molecule has 1 amide bonds. The summed E-state index contributed by atoms with van der Waals surface area (Å²) in [7, 11) is -1.99. The van der Waals surface area contributed by atoms with Gasteiger partial charge in [0.05, 0.1) is 16.3 Å². The van der Waals surface area contributed by atoms with Crippen LogP contribution in [0.4, 0.5) is 0 Å². The Morgan fingerprint density at radius 3 is 2.73 bits per heavy atom. The van der Waals surface area contributed by atoms with Gasteiger partial charge in [-0.1, -0.05) is 23.7 Å². The molecule has 1 aromatic carbocycles. The monoisotopic (exact) mass is 446 g/mol. The summed E-state index contributed by atoms with van der Waals surface area (Å²) < 4.78 is 32.6. The molecule has 4 rings (SSSR count). The number of hydrogen-bond acceptors (Lipinski definition) is 7. The first-order chi connectivity index (χ1) is 14.4. The zero-order chi connectivity index (χ0) is 21.1. The zero-order valence-electron chi connectivity index (χ0n) is 16.5. The molecule has 0 radical (unpaired) electrons. The molecule has 0 bridgehead atoms. The first-order valence-electron chi connectivity index (χ1n) is 9.67. The fourth-order valence-corrected chi connectivity index (χ4v) is 5.58. The van der Waals surface area contributed by atoms with Gasteiger partial charge in [-0.2, -0.15) is 9.29 Å². The average molecular weight is 447 g/mol. The topological polar surface area (TPSA) is 96.6 Å². The minimum atomic E-state index is -3.60. The largest absolute Gasteiger partial charge is 0.337 e. The van der Waals surface area contributed by atoms with Crippen LogP contribution in [0.3, 0.4) is 0 Å². The highest BCUT2D eigenvalue weighted by molar-refractivity contribution is 7.89. The van der Waals surface area contributed by atoms with Crippen LogP contribution in [0.5, 0.6) is 0 Å². The van der Waals surface area contributed by atoms with E-state index >= 15 is 0 Å². The molecule has 10 heteroatoms. The fraction of sp³-hybridized carbons (Fsp3) is 0.350. The van der Waals surface area contributed by atoms with Gasteiger partial charge in [0.15, 0.2) is 0 Å². The van der Waals surface area contributed by atoms with Crippen molar-refractivity contribution in [1.29, 1.82) is 0 Å². The summed E-state index contributed by atoms with van der Waals surface area (Å²) in [6.07, 6.45) is 2.76. The summed E-state index contributed by atoms with van der Waals surface area (Å²) >= 11 is 1.50. The van der Waals surface area contributed by atoms with Crippen molar-refractivity contribution in [3.63, 3.8) is 0 Å². The Balaban J connectivity index is 1.48. The van der Waals surface area contributed by atoms with Crippen LogP contribution in [0.25, 0.3) is 10.7 Å². The minimum absolute atomic E-state index is 0.125. The van der Waals surface area contributed by atoms with Crippen LogP contribution in [-0.4, -0.2) is 53.8 Å². The summed E-state index contributed by atoms with van der Waals surface area (Å²) in [5.41, 5.74) is 0.300. The summed E-state index contributed by atoms with van der Waals surface area (Å²) in [6.45, 7) is 1.16. The van der Waals surface area contributed by atoms with Gasteiger partial charge in [0, 0.05) is 25.7 Å². The van der Waals surface area contributed by atoms with Crippen molar-refractivity contribution in [3.05, 3.63) is 53.2 Å². The van der Waals surface area contributed by atoms with Gasteiger partial charge in [-0.15, -0.1) is 11.3 Å². The smallest absolute Gasteiger partial charge is 0.254 e. The Morgan fingerprint density at radius 1 is 1.20 bits per heavy atom. The molecule has 1 aliphatic heterocycles. The molecule has 0 aliphatic carbocycles. The number of piperidine rings is 1. The van der Waals surface area contributed by atoms with Crippen LogP contribution in [0.2, 0.25) is 0 Å². The van der Waals surface area contributed by atoms with Gasteiger partial charge in [-0.3, -0.25) is 4.79 Å². The van der Waals surface area contributed by atoms with Gasteiger partial charge in [0.25, 0.3) is 5.91 Å². The number of benzene rings is 1. The molecule has 1 saturated heterocycles. The average Bonchev–Trinajstić information content (AvgIpc) is 3.46. The molecule has 0 atom stereocenters. The molecule has 1 fully saturated rings. The summed E-state index contributed by atoms with van der Waals surface area (Å²) in [4.78, 5) is 19.6. The maximum Gasteiger partial charge on any atom is 0.254 e.